The van der Waals surface area contributed by atoms with E-state index in [2.05, 4.69) is 109 Å². The zero-order chi connectivity index (χ0) is 20.6. The van der Waals surface area contributed by atoms with Gasteiger partial charge in [-0.2, -0.15) is 0 Å². The van der Waals surface area contributed by atoms with Crippen LogP contribution in [0.2, 0.25) is 5.04 Å². The highest BCUT2D eigenvalue weighted by Gasteiger charge is 2.55. The molecule has 2 aromatic carbocycles. The van der Waals surface area contributed by atoms with E-state index >= 15 is 0 Å². The summed E-state index contributed by atoms with van der Waals surface area (Å²) in [5.74, 6) is 0. The number of rotatable bonds is 4. The molecule has 0 saturated carbocycles. The molecule has 28 heavy (non-hydrogen) atoms. The molecule has 0 atom stereocenters. The first-order chi connectivity index (χ1) is 13.0. The minimum Gasteiger partial charge on any atom is -0.445 e. The third-order valence-electron chi connectivity index (χ3n) is 6.18. The molecule has 0 N–H and O–H groups in total. The Hall–Kier alpha value is -1.40. The van der Waals surface area contributed by atoms with Gasteiger partial charge in [0.2, 0.25) is 8.32 Å². The number of hydrogen-bond acceptors (Lipinski definition) is 3. The molecule has 0 aromatic heterocycles. The van der Waals surface area contributed by atoms with E-state index < -0.39 is 21.0 Å². The lowest BCUT2D eigenvalue weighted by Gasteiger charge is -2.50. The van der Waals surface area contributed by atoms with Crippen molar-refractivity contribution in [3.05, 3.63) is 60.7 Å². The second-order valence-corrected chi connectivity index (χ2v) is 13.9. The fourth-order valence-electron chi connectivity index (χ4n) is 3.90. The molecule has 1 saturated heterocycles. The maximum absolute atomic E-state index is 7.04. The average molecular weight is 396 g/mol. The van der Waals surface area contributed by atoms with Crippen LogP contribution in [0.25, 0.3) is 0 Å². The third-order valence-corrected chi connectivity index (χ3v) is 11.2. The lowest BCUT2D eigenvalue weighted by atomic mass is 9.80. The van der Waals surface area contributed by atoms with Gasteiger partial charge < -0.3 is 13.7 Å². The molecule has 1 aliphatic rings. The fraction of sp³-hybridized carbons (Fsp3) is 0.478. The Morgan fingerprint density at radius 2 is 1.29 bits per heavy atom. The maximum atomic E-state index is 7.04. The van der Waals surface area contributed by atoms with Crippen LogP contribution in [0, 0.1) is 0 Å². The maximum Gasteiger partial charge on any atom is 0.474 e. The largest absolute Gasteiger partial charge is 0.474 e. The molecule has 0 spiro atoms. The molecule has 0 bridgehead atoms. The van der Waals surface area contributed by atoms with Crippen molar-refractivity contribution in [1.29, 1.82) is 0 Å². The third kappa shape index (κ3) is 3.73. The standard InChI is InChI=1S/C23H33BO3Si/c1-21(2,3)28(19-14-10-8-11-15-19,20-16-12-9-13-17-20)27-24-18-25-22(4,5)23(6,7)26-24/h8-17H,18H2,1-7H3. The summed E-state index contributed by atoms with van der Waals surface area (Å²) in [7, 11) is -3.06. The van der Waals surface area contributed by atoms with Crippen molar-refractivity contribution in [1.82, 2.24) is 0 Å². The van der Waals surface area contributed by atoms with Crippen molar-refractivity contribution in [3.63, 3.8) is 0 Å². The molecule has 0 aliphatic carbocycles. The Labute approximate surface area is 171 Å². The molecule has 1 aliphatic heterocycles. The van der Waals surface area contributed by atoms with E-state index in [4.69, 9.17) is 13.7 Å². The van der Waals surface area contributed by atoms with Gasteiger partial charge >= 0.3 is 7.12 Å². The molecule has 0 radical (unpaired) electrons. The zero-order valence-electron chi connectivity index (χ0n) is 18.3. The molecule has 2 aromatic rings. The van der Waals surface area contributed by atoms with Gasteiger partial charge in [0.25, 0.3) is 0 Å². The van der Waals surface area contributed by atoms with Gasteiger partial charge in [-0.25, -0.2) is 0 Å². The number of ether oxygens (including phenoxy) is 1. The molecule has 1 heterocycles. The van der Waals surface area contributed by atoms with E-state index in [0.29, 0.717) is 6.51 Å². The number of hydrogen-bond donors (Lipinski definition) is 0. The first kappa shape index (κ1) is 21.3. The zero-order valence-corrected chi connectivity index (χ0v) is 19.3. The molecular weight excluding hydrogens is 363 g/mol. The summed E-state index contributed by atoms with van der Waals surface area (Å²) in [6, 6.07) is 21.3. The van der Waals surface area contributed by atoms with Crippen molar-refractivity contribution in [2.75, 3.05) is 6.51 Å². The van der Waals surface area contributed by atoms with Crippen molar-refractivity contribution in [2.45, 2.75) is 64.7 Å². The van der Waals surface area contributed by atoms with Crippen LogP contribution in [0.1, 0.15) is 48.5 Å². The van der Waals surface area contributed by atoms with Crippen LogP contribution in [-0.2, 0) is 13.7 Å². The minimum absolute atomic E-state index is 0.0871. The van der Waals surface area contributed by atoms with Gasteiger partial charge in [-0.1, -0.05) is 81.4 Å². The lowest BCUT2D eigenvalue weighted by molar-refractivity contribution is -0.162. The molecule has 0 amide bonds. The van der Waals surface area contributed by atoms with Gasteiger partial charge in [-0.3, -0.25) is 0 Å². The lowest BCUT2D eigenvalue weighted by Crippen LogP contribution is -2.71. The Kier molecular flexibility index (Phi) is 5.67. The van der Waals surface area contributed by atoms with Gasteiger partial charge in [0, 0.05) is 0 Å². The summed E-state index contributed by atoms with van der Waals surface area (Å²) in [5.41, 5.74) is -0.806. The molecular formula is C23H33BO3Si. The second kappa shape index (κ2) is 7.45. The first-order valence-electron chi connectivity index (χ1n) is 10.1. The van der Waals surface area contributed by atoms with Gasteiger partial charge in [-0.15, -0.1) is 0 Å². The fourth-order valence-corrected chi connectivity index (χ4v) is 8.43. The van der Waals surface area contributed by atoms with Crippen LogP contribution in [-0.4, -0.2) is 33.1 Å². The van der Waals surface area contributed by atoms with Crippen molar-refractivity contribution in [2.24, 2.45) is 0 Å². The summed E-state index contributed by atoms with van der Waals surface area (Å²) in [4.78, 5) is 0. The van der Waals surface area contributed by atoms with Crippen molar-refractivity contribution >= 4 is 25.8 Å². The van der Waals surface area contributed by atoms with E-state index in [0.717, 1.165) is 0 Å². The summed E-state index contributed by atoms with van der Waals surface area (Å²) >= 11 is 0. The normalized spacial score (nSPS) is 19.5. The molecule has 5 heteroatoms. The molecule has 150 valence electrons. The Balaban J connectivity index is 2.10. The van der Waals surface area contributed by atoms with Gasteiger partial charge in [0.15, 0.2) is 0 Å². The molecule has 3 nitrogen and oxygen atoms in total. The van der Waals surface area contributed by atoms with Crippen molar-refractivity contribution < 1.29 is 13.7 Å². The predicted octanol–water partition coefficient (Wildman–Crippen LogP) is 4.19. The smallest absolute Gasteiger partial charge is 0.445 e. The van der Waals surface area contributed by atoms with E-state index in [9.17, 15) is 0 Å². The van der Waals surface area contributed by atoms with Crippen LogP contribution in [0.15, 0.2) is 60.7 Å². The molecule has 0 unspecified atom stereocenters. The second-order valence-electron chi connectivity index (χ2n) is 9.66. The molecule has 1 fully saturated rings. The Morgan fingerprint density at radius 1 is 0.821 bits per heavy atom. The van der Waals surface area contributed by atoms with E-state index in [1.807, 2.05) is 0 Å². The Bertz CT molecular complexity index is 745. The monoisotopic (exact) mass is 396 g/mol. The van der Waals surface area contributed by atoms with E-state index in [1.165, 1.54) is 10.4 Å². The quantitative estimate of drug-likeness (QED) is 0.726. The molecule has 3 rings (SSSR count). The highest BCUT2D eigenvalue weighted by molar-refractivity contribution is 7.02. The SMILES string of the molecule is CC1(C)OCB(O[Si](c2ccccc2)(c2ccccc2)C(C)(C)C)OC1(C)C. The van der Waals surface area contributed by atoms with Crippen LogP contribution in [0.5, 0.6) is 0 Å². The van der Waals surface area contributed by atoms with Crippen LogP contribution >= 0.6 is 0 Å². The number of benzene rings is 2. The topological polar surface area (TPSA) is 27.7 Å². The summed E-state index contributed by atoms with van der Waals surface area (Å²) in [6.45, 7) is 15.6. The van der Waals surface area contributed by atoms with Crippen LogP contribution < -0.4 is 10.4 Å². The highest BCUT2D eigenvalue weighted by Crippen LogP contribution is 2.40. The summed E-state index contributed by atoms with van der Waals surface area (Å²) in [5, 5.41) is 2.41. The van der Waals surface area contributed by atoms with Crippen molar-refractivity contribution in [3.8, 4) is 0 Å². The van der Waals surface area contributed by atoms with Crippen LogP contribution in [0.3, 0.4) is 0 Å². The Morgan fingerprint density at radius 3 is 1.68 bits per heavy atom. The minimum atomic E-state index is -2.65. The van der Waals surface area contributed by atoms with Gasteiger partial charge in [0.1, 0.15) is 0 Å². The predicted molar refractivity (Wildman–Crippen MR) is 120 cm³/mol. The van der Waals surface area contributed by atoms with Gasteiger partial charge in [0.05, 0.1) is 17.7 Å². The highest BCUT2D eigenvalue weighted by atomic mass is 28.4. The summed E-state index contributed by atoms with van der Waals surface area (Å²) in [6.07, 6.45) is 0. The van der Waals surface area contributed by atoms with E-state index in [-0.39, 0.29) is 10.6 Å². The van der Waals surface area contributed by atoms with E-state index in [1.54, 1.807) is 0 Å². The average Bonchev–Trinajstić information content (AvgIpc) is 2.63. The first-order valence-corrected chi connectivity index (χ1v) is 12.0. The van der Waals surface area contributed by atoms with Gasteiger partial charge in [-0.05, 0) is 43.1 Å². The summed E-state index contributed by atoms with van der Waals surface area (Å²) < 4.78 is 19.7. The van der Waals surface area contributed by atoms with Crippen LogP contribution in [0.4, 0.5) is 0 Å².